The van der Waals surface area contributed by atoms with E-state index in [4.69, 9.17) is 1.37 Å². The maximum atomic E-state index is 12.8. The third kappa shape index (κ3) is 4.28. The predicted molar refractivity (Wildman–Crippen MR) is 90.3 cm³/mol. The van der Waals surface area contributed by atoms with Gasteiger partial charge in [0.05, 0.1) is 5.92 Å². The van der Waals surface area contributed by atoms with E-state index in [2.05, 4.69) is 30.2 Å². The summed E-state index contributed by atoms with van der Waals surface area (Å²) in [6.07, 6.45) is 6.02. The molecule has 1 fully saturated rings. The minimum atomic E-state index is -0.172. The predicted octanol–water partition coefficient (Wildman–Crippen LogP) is 2.61. The standard InChI is InChI=1S/C18H20N2O2.CH4.Y/c1-2-19-17(21)14-10-11-20(12-14)18(22)16-9-5-7-13-6-3-4-8-15(13)16;;/h3-4,6,8,16H,1,5,7,9-12H2,(H,19,21);1H4;/q-2;;/i;1T;. The van der Waals surface area contributed by atoms with Crippen LogP contribution < -0.4 is 5.32 Å². The average molecular weight is 403 g/mol. The number of rotatable bonds is 3. The Kier molecular flexibility index (Phi) is 7.51. The monoisotopic (exact) mass is 403 g/mol. The first-order valence-electron chi connectivity index (χ1n) is 8.74. The van der Waals surface area contributed by atoms with Gasteiger partial charge < -0.3 is 20.9 Å². The second-order valence-corrected chi connectivity index (χ2v) is 5.89. The van der Waals surface area contributed by atoms with Crippen LogP contribution in [0.25, 0.3) is 0 Å². The first-order valence-corrected chi connectivity index (χ1v) is 7.74. The van der Waals surface area contributed by atoms with Gasteiger partial charge in [-0.25, -0.2) is 0 Å². The van der Waals surface area contributed by atoms with Crippen molar-refractivity contribution in [1.82, 2.24) is 10.2 Å². The zero-order chi connectivity index (χ0) is 17.5. The molecule has 1 atom stereocenters. The van der Waals surface area contributed by atoms with Crippen LogP contribution in [0, 0.1) is 12.1 Å². The van der Waals surface area contributed by atoms with Crippen molar-refractivity contribution in [2.24, 2.45) is 0 Å². The van der Waals surface area contributed by atoms with Crippen LogP contribution in [0.15, 0.2) is 30.8 Å². The minimum Gasteiger partial charge on any atom is -0.521 e. The molecule has 1 heterocycles. The number of benzene rings is 1. The fraction of sp³-hybridized carbons (Fsp3) is 0.421. The summed E-state index contributed by atoms with van der Waals surface area (Å²) in [5.41, 5.74) is 2.45. The van der Waals surface area contributed by atoms with Crippen molar-refractivity contribution in [3.05, 3.63) is 54.1 Å². The molecular formula is C19H24N2O2Y-2. The smallest absolute Gasteiger partial charge is 0.227 e. The van der Waals surface area contributed by atoms with Gasteiger partial charge in [0.1, 0.15) is 0 Å². The molecule has 1 radical (unpaired) electrons. The summed E-state index contributed by atoms with van der Waals surface area (Å²) in [5, 5.41) is 2.47. The Hall–Kier alpha value is -1.13. The molecule has 2 aliphatic rings. The topological polar surface area (TPSA) is 49.4 Å². The Morgan fingerprint density at radius 3 is 2.92 bits per heavy atom. The van der Waals surface area contributed by atoms with Gasteiger partial charge in [0.25, 0.3) is 0 Å². The molecule has 0 bridgehead atoms. The third-order valence-electron chi connectivity index (χ3n) is 4.57. The molecule has 3 rings (SSSR count). The van der Waals surface area contributed by atoms with Crippen LogP contribution in [0.4, 0.5) is 0 Å². The van der Waals surface area contributed by atoms with E-state index in [0.717, 1.165) is 30.7 Å². The number of likely N-dealkylation sites (tertiary alicyclic amines) is 1. The van der Waals surface area contributed by atoms with Gasteiger partial charge in [-0.15, -0.1) is 0 Å². The quantitative estimate of drug-likeness (QED) is 0.623. The van der Waals surface area contributed by atoms with E-state index in [1.54, 1.807) is 0 Å². The number of carbonyl (C=O) groups is 2. The average Bonchev–Trinajstić information content (AvgIpc) is 3.13. The molecule has 127 valence electrons. The summed E-state index contributed by atoms with van der Waals surface area (Å²) < 4.78 is 5.75. The van der Waals surface area contributed by atoms with Crippen molar-refractivity contribution in [3.8, 4) is 0 Å². The first-order chi connectivity index (χ1) is 11.7. The van der Waals surface area contributed by atoms with Crippen molar-refractivity contribution < 1.29 is 43.7 Å². The molecule has 0 spiro atoms. The molecule has 1 aromatic rings. The zero-order valence-corrected chi connectivity index (χ0v) is 17.0. The van der Waals surface area contributed by atoms with Gasteiger partial charge in [0.2, 0.25) is 5.91 Å². The Bertz CT molecular complexity index is 609. The molecule has 5 heteroatoms. The first kappa shape index (κ1) is 19.2. The normalized spacial score (nSPS) is 19.0. The second kappa shape index (κ2) is 9.38. The summed E-state index contributed by atoms with van der Waals surface area (Å²) in [6, 6.07) is 8.21. The molecule has 0 aromatic heterocycles. The molecule has 24 heavy (non-hydrogen) atoms. The van der Waals surface area contributed by atoms with Crippen molar-refractivity contribution in [2.45, 2.75) is 39.0 Å². The molecule has 1 aromatic carbocycles. The molecular weight excluding hydrogens is 377 g/mol. The summed E-state index contributed by atoms with van der Waals surface area (Å²) in [7, 11) is 1.25. The Morgan fingerprint density at radius 1 is 1.42 bits per heavy atom. The van der Waals surface area contributed by atoms with E-state index in [1.165, 1.54) is 13.0 Å². The Morgan fingerprint density at radius 2 is 2.17 bits per heavy atom. The van der Waals surface area contributed by atoms with E-state index >= 15 is 0 Å². The van der Waals surface area contributed by atoms with Crippen LogP contribution in [0.1, 0.15) is 45.1 Å². The van der Waals surface area contributed by atoms with Crippen molar-refractivity contribution in [3.63, 3.8) is 0 Å². The maximum absolute atomic E-state index is 12.8. The van der Waals surface area contributed by atoms with Crippen LogP contribution in [0.3, 0.4) is 0 Å². The van der Waals surface area contributed by atoms with Crippen molar-refractivity contribution in [2.75, 3.05) is 13.1 Å². The van der Waals surface area contributed by atoms with Crippen LogP contribution in [-0.2, 0) is 48.7 Å². The number of nitrogens with zero attached hydrogens (tertiary/aromatic N) is 1. The fourth-order valence-corrected chi connectivity index (χ4v) is 3.43. The van der Waals surface area contributed by atoms with Gasteiger partial charge in [0.15, 0.2) is 0 Å². The van der Waals surface area contributed by atoms with Crippen LogP contribution in [0.2, 0.25) is 0 Å². The van der Waals surface area contributed by atoms with E-state index in [0.29, 0.717) is 19.5 Å². The van der Waals surface area contributed by atoms with E-state index in [1.807, 2.05) is 17.0 Å². The van der Waals surface area contributed by atoms with Gasteiger partial charge in [-0.1, -0.05) is 44.1 Å². The van der Waals surface area contributed by atoms with Gasteiger partial charge in [-0.2, -0.15) is 19.2 Å². The van der Waals surface area contributed by atoms with Gasteiger partial charge >= 0.3 is 0 Å². The number of fused-ring (bicyclic) bond motifs is 1. The van der Waals surface area contributed by atoms with Crippen molar-refractivity contribution >= 4 is 11.8 Å². The van der Waals surface area contributed by atoms with Crippen LogP contribution in [-0.4, -0.2) is 29.8 Å². The molecule has 1 aliphatic heterocycles. The number of nitrogens with one attached hydrogen (secondary N) is 1. The van der Waals surface area contributed by atoms with Gasteiger partial charge in [-0.05, 0) is 36.9 Å². The molecule has 0 saturated carbocycles. The molecule has 1 aliphatic carbocycles. The van der Waals surface area contributed by atoms with Gasteiger partial charge in [-0.3, -0.25) is 4.79 Å². The Balaban J connectivity index is 0.00000101. The summed E-state index contributed by atoms with van der Waals surface area (Å²) >= 11 is 0. The van der Waals surface area contributed by atoms with Crippen LogP contribution >= 0.6 is 0 Å². The van der Waals surface area contributed by atoms with Gasteiger partial charge in [0, 0.05) is 34.1 Å². The number of hydrogen-bond donors (Lipinski definition) is 1. The number of carbonyl (C=O) groups excluding carboxylic acids is 2. The molecule has 1 saturated heterocycles. The fourth-order valence-electron chi connectivity index (χ4n) is 3.43. The molecule has 1 N–H and O–H groups in total. The zero-order valence-electron chi connectivity index (χ0n) is 15.2. The number of aryl methyl sites for hydroxylation is 1. The van der Waals surface area contributed by atoms with E-state index < -0.39 is 0 Å². The third-order valence-corrected chi connectivity index (χ3v) is 4.57. The second-order valence-electron chi connectivity index (χ2n) is 5.89. The van der Waals surface area contributed by atoms with E-state index in [-0.39, 0.29) is 50.4 Å². The maximum Gasteiger partial charge on any atom is 0.227 e. The number of hydrogen-bond acceptors (Lipinski definition) is 2. The SMILES string of the molecule is C=[C-]NC(=O)[C-]1CCN(C(=O)C2CCCc3ccccc32)C1.[3H]C.[Y]. The minimum absolute atomic E-state index is 0. The molecule has 4 nitrogen and oxygen atoms in total. The van der Waals surface area contributed by atoms with Crippen LogP contribution in [0.5, 0.6) is 0 Å². The summed E-state index contributed by atoms with van der Waals surface area (Å²) in [5.74, 6) is 0.652. The number of amides is 2. The Labute approximate surface area is 171 Å². The molecule has 1 unspecified atom stereocenters. The summed E-state index contributed by atoms with van der Waals surface area (Å²) in [6.45, 7) is 4.42. The van der Waals surface area contributed by atoms with E-state index in [9.17, 15) is 9.59 Å². The largest absolute Gasteiger partial charge is 0.521 e. The molecule has 2 amide bonds. The van der Waals surface area contributed by atoms with Crippen molar-refractivity contribution in [1.29, 1.82) is 0 Å². The summed E-state index contributed by atoms with van der Waals surface area (Å²) in [4.78, 5) is 26.5.